The molecule has 2 N–H and O–H groups in total. The summed E-state index contributed by atoms with van der Waals surface area (Å²) in [6.45, 7) is 1.88. The van der Waals surface area contributed by atoms with Crippen molar-refractivity contribution in [3.63, 3.8) is 0 Å². The Labute approximate surface area is 136 Å². The zero-order valence-corrected chi connectivity index (χ0v) is 13.2. The average Bonchev–Trinajstić information content (AvgIpc) is 2.61. The van der Waals surface area contributed by atoms with Gasteiger partial charge in [0.25, 0.3) is 5.91 Å². The normalized spacial score (nSPS) is 15.4. The number of nitrogens with two attached hydrogens (primary N) is 1. The zero-order chi connectivity index (χ0) is 16.1. The summed E-state index contributed by atoms with van der Waals surface area (Å²) >= 11 is 0. The number of hydrogen-bond acceptors (Lipinski definition) is 3. The Kier molecular flexibility index (Phi) is 4.93. The molecule has 0 radical (unpaired) electrons. The fourth-order valence-electron chi connectivity index (χ4n) is 2.78. The van der Waals surface area contributed by atoms with E-state index >= 15 is 0 Å². The predicted molar refractivity (Wildman–Crippen MR) is 90.3 cm³/mol. The van der Waals surface area contributed by atoms with Crippen LogP contribution in [0, 0.1) is 0 Å². The van der Waals surface area contributed by atoms with E-state index < -0.39 is 0 Å². The van der Waals surface area contributed by atoms with Crippen molar-refractivity contribution in [2.75, 3.05) is 13.1 Å². The minimum atomic E-state index is 0.0283. The van der Waals surface area contributed by atoms with Gasteiger partial charge in [-0.3, -0.25) is 4.79 Å². The minimum absolute atomic E-state index is 0.0283. The second-order valence-electron chi connectivity index (χ2n) is 5.90. The molecule has 0 aliphatic carbocycles. The van der Waals surface area contributed by atoms with Gasteiger partial charge in [-0.1, -0.05) is 42.5 Å². The van der Waals surface area contributed by atoms with Crippen molar-refractivity contribution in [3.05, 3.63) is 65.7 Å². The maximum Gasteiger partial charge on any atom is 0.257 e. The van der Waals surface area contributed by atoms with E-state index in [1.54, 1.807) is 0 Å². The van der Waals surface area contributed by atoms with Crippen LogP contribution in [0.15, 0.2) is 54.6 Å². The molecule has 1 fully saturated rings. The van der Waals surface area contributed by atoms with E-state index in [1.165, 1.54) is 0 Å². The zero-order valence-electron chi connectivity index (χ0n) is 13.2. The SMILES string of the molecule is NC1CCN(C(=O)c2ccccc2OCc2ccccc2)CC1. The molecule has 4 heteroatoms. The van der Waals surface area contributed by atoms with Gasteiger partial charge >= 0.3 is 0 Å². The van der Waals surface area contributed by atoms with Crippen LogP contribution in [0.3, 0.4) is 0 Å². The van der Waals surface area contributed by atoms with E-state index in [0.717, 1.165) is 18.4 Å². The number of benzene rings is 2. The maximum absolute atomic E-state index is 12.7. The van der Waals surface area contributed by atoms with Gasteiger partial charge in [0.05, 0.1) is 5.56 Å². The lowest BCUT2D eigenvalue weighted by Gasteiger charge is -2.30. The summed E-state index contributed by atoms with van der Waals surface area (Å²) in [5, 5.41) is 0. The molecule has 0 unspecified atom stereocenters. The standard InChI is InChI=1S/C19H22N2O2/c20-16-10-12-21(13-11-16)19(22)17-8-4-5-9-18(17)23-14-15-6-2-1-3-7-15/h1-9,16H,10-14,20H2. The van der Waals surface area contributed by atoms with Crippen LogP contribution < -0.4 is 10.5 Å². The first kappa shape index (κ1) is 15.6. The molecule has 23 heavy (non-hydrogen) atoms. The van der Waals surface area contributed by atoms with Crippen LogP contribution in [0.4, 0.5) is 0 Å². The van der Waals surface area contributed by atoms with Crippen LogP contribution in [-0.2, 0) is 6.61 Å². The lowest BCUT2D eigenvalue weighted by molar-refractivity contribution is 0.0710. The number of amides is 1. The Hall–Kier alpha value is -2.33. The average molecular weight is 310 g/mol. The summed E-state index contributed by atoms with van der Waals surface area (Å²) in [6, 6.07) is 17.6. The third-order valence-corrected chi connectivity index (χ3v) is 4.18. The summed E-state index contributed by atoms with van der Waals surface area (Å²) in [5.74, 6) is 0.664. The molecule has 1 aliphatic rings. The fourth-order valence-corrected chi connectivity index (χ4v) is 2.78. The number of nitrogens with zero attached hydrogens (tertiary/aromatic N) is 1. The highest BCUT2D eigenvalue weighted by atomic mass is 16.5. The van der Waals surface area contributed by atoms with Gasteiger partial charge in [0.1, 0.15) is 12.4 Å². The van der Waals surface area contributed by atoms with E-state index in [9.17, 15) is 4.79 Å². The molecule has 4 nitrogen and oxygen atoms in total. The van der Waals surface area contributed by atoms with E-state index in [4.69, 9.17) is 10.5 Å². The Morgan fingerprint density at radius 3 is 2.43 bits per heavy atom. The molecule has 0 aromatic heterocycles. The van der Waals surface area contributed by atoms with Crippen molar-refractivity contribution >= 4 is 5.91 Å². The Morgan fingerprint density at radius 1 is 1.04 bits per heavy atom. The van der Waals surface area contributed by atoms with Crippen molar-refractivity contribution < 1.29 is 9.53 Å². The lowest BCUT2D eigenvalue weighted by Crippen LogP contribution is -2.42. The summed E-state index contributed by atoms with van der Waals surface area (Å²) < 4.78 is 5.88. The summed E-state index contributed by atoms with van der Waals surface area (Å²) in [5.41, 5.74) is 7.62. The quantitative estimate of drug-likeness (QED) is 0.945. The molecule has 1 heterocycles. The molecule has 1 aliphatic heterocycles. The van der Waals surface area contributed by atoms with E-state index in [2.05, 4.69) is 0 Å². The van der Waals surface area contributed by atoms with E-state index in [-0.39, 0.29) is 11.9 Å². The molecule has 120 valence electrons. The summed E-state index contributed by atoms with van der Waals surface area (Å²) in [4.78, 5) is 14.6. The van der Waals surface area contributed by atoms with Crippen molar-refractivity contribution in [1.82, 2.24) is 4.90 Å². The first-order valence-corrected chi connectivity index (χ1v) is 8.04. The Balaban J connectivity index is 1.71. The van der Waals surface area contributed by atoms with Gasteiger partial charge in [0.2, 0.25) is 0 Å². The van der Waals surface area contributed by atoms with Crippen molar-refractivity contribution in [2.24, 2.45) is 5.73 Å². The molecular formula is C19H22N2O2. The first-order valence-electron chi connectivity index (χ1n) is 8.04. The lowest BCUT2D eigenvalue weighted by atomic mass is 10.0. The molecule has 2 aromatic rings. The van der Waals surface area contributed by atoms with Gasteiger partial charge in [0, 0.05) is 19.1 Å². The molecule has 0 saturated carbocycles. The molecule has 2 aromatic carbocycles. The molecule has 1 saturated heterocycles. The first-order chi connectivity index (χ1) is 11.2. The van der Waals surface area contributed by atoms with Gasteiger partial charge < -0.3 is 15.4 Å². The fraction of sp³-hybridized carbons (Fsp3) is 0.316. The predicted octanol–water partition coefficient (Wildman–Crippen LogP) is 2.83. The van der Waals surface area contributed by atoms with Crippen LogP contribution in [0.25, 0.3) is 0 Å². The number of para-hydroxylation sites is 1. The Bertz CT molecular complexity index is 649. The maximum atomic E-state index is 12.7. The minimum Gasteiger partial charge on any atom is -0.488 e. The number of ether oxygens (including phenoxy) is 1. The van der Waals surface area contributed by atoms with Gasteiger partial charge in [-0.25, -0.2) is 0 Å². The van der Waals surface area contributed by atoms with Crippen molar-refractivity contribution in [3.8, 4) is 5.75 Å². The van der Waals surface area contributed by atoms with Gasteiger partial charge in [-0.05, 0) is 30.5 Å². The van der Waals surface area contributed by atoms with Crippen molar-refractivity contribution in [1.29, 1.82) is 0 Å². The highest BCUT2D eigenvalue weighted by Crippen LogP contribution is 2.22. The largest absolute Gasteiger partial charge is 0.488 e. The number of piperidine rings is 1. The molecule has 0 bridgehead atoms. The second-order valence-corrected chi connectivity index (χ2v) is 5.90. The molecule has 3 rings (SSSR count). The van der Waals surface area contributed by atoms with E-state index in [1.807, 2.05) is 59.5 Å². The molecule has 0 spiro atoms. The van der Waals surface area contributed by atoms with Gasteiger partial charge in [0.15, 0.2) is 0 Å². The second kappa shape index (κ2) is 7.29. The summed E-state index contributed by atoms with van der Waals surface area (Å²) in [7, 11) is 0. The van der Waals surface area contributed by atoms with Crippen LogP contribution >= 0.6 is 0 Å². The third kappa shape index (κ3) is 3.90. The topological polar surface area (TPSA) is 55.6 Å². The van der Waals surface area contributed by atoms with Crippen LogP contribution in [-0.4, -0.2) is 29.9 Å². The number of hydrogen-bond donors (Lipinski definition) is 1. The monoisotopic (exact) mass is 310 g/mol. The smallest absolute Gasteiger partial charge is 0.257 e. The summed E-state index contributed by atoms with van der Waals surface area (Å²) in [6.07, 6.45) is 1.72. The molecule has 0 atom stereocenters. The number of likely N-dealkylation sites (tertiary alicyclic amines) is 1. The molecule has 1 amide bonds. The van der Waals surface area contributed by atoms with Crippen LogP contribution in [0.5, 0.6) is 5.75 Å². The third-order valence-electron chi connectivity index (χ3n) is 4.18. The number of rotatable bonds is 4. The van der Waals surface area contributed by atoms with Gasteiger partial charge in [-0.15, -0.1) is 0 Å². The van der Waals surface area contributed by atoms with Crippen LogP contribution in [0.2, 0.25) is 0 Å². The highest BCUT2D eigenvalue weighted by Gasteiger charge is 2.23. The number of carbonyl (C=O) groups is 1. The van der Waals surface area contributed by atoms with Crippen molar-refractivity contribution in [2.45, 2.75) is 25.5 Å². The Morgan fingerprint density at radius 2 is 1.70 bits per heavy atom. The van der Waals surface area contributed by atoms with E-state index in [0.29, 0.717) is 31.0 Å². The molecular weight excluding hydrogens is 288 g/mol. The van der Waals surface area contributed by atoms with Gasteiger partial charge in [-0.2, -0.15) is 0 Å². The number of carbonyl (C=O) groups excluding carboxylic acids is 1. The van der Waals surface area contributed by atoms with Crippen LogP contribution in [0.1, 0.15) is 28.8 Å². The highest BCUT2D eigenvalue weighted by molar-refractivity contribution is 5.97.